The lowest BCUT2D eigenvalue weighted by Gasteiger charge is -2.49. The van der Waals surface area contributed by atoms with Gasteiger partial charge in [-0.2, -0.15) is 0 Å². The number of piperidine rings is 1. The highest BCUT2D eigenvalue weighted by Gasteiger charge is 2.70. The van der Waals surface area contributed by atoms with Gasteiger partial charge < -0.3 is 15.4 Å². The quantitative estimate of drug-likeness (QED) is 0.711. The van der Waals surface area contributed by atoms with Gasteiger partial charge in [-0.15, -0.1) is 0 Å². The molecular formula is C24H31ClN2O2. The molecule has 1 aromatic rings. The predicted octanol–water partition coefficient (Wildman–Crippen LogP) is 5.02. The number of carbonyl (C=O) groups is 1. The lowest BCUT2D eigenvalue weighted by molar-refractivity contribution is -0.119. The molecular weight excluding hydrogens is 384 g/mol. The molecule has 1 amide bonds. The summed E-state index contributed by atoms with van der Waals surface area (Å²) in [5, 5.41) is 7.07. The molecule has 4 nitrogen and oxygen atoms in total. The first kappa shape index (κ1) is 18.5. The van der Waals surface area contributed by atoms with Crippen LogP contribution in [0, 0.1) is 28.6 Å². The molecule has 6 rings (SSSR count). The Kier molecular flexibility index (Phi) is 4.22. The second-order valence-electron chi connectivity index (χ2n) is 10.7. The van der Waals surface area contributed by atoms with Gasteiger partial charge in [0.15, 0.2) is 0 Å². The Hall–Kier alpha value is -1.26. The summed E-state index contributed by atoms with van der Waals surface area (Å²) in [6, 6.07) is 5.65. The fourth-order valence-corrected chi connectivity index (χ4v) is 8.22. The Morgan fingerprint density at radius 2 is 2.03 bits per heavy atom. The van der Waals surface area contributed by atoms with Crippen LogP contribution in [-0.4, -0.2) is 25.1 Å². The topological polar surface area (TPSA) is 50.4 Å². The summed E-state index contributed by atoms with van der Waals surface area (Å²) in [4.78, 5) is 13.0. The maximum atomic E-state index is 13.0. The van der Waals surface area contributed by atoms with Crippen molar-refractivity contribution in [1.29, 1.82) is 0 Å². The number of nitrogens with one attached hydrogen (secondary N) is 2. The van der Waals surface area contributed by atoms with E-state index in [1.807, 2.05) is 18.2 Å². The summed E-state index contributed by atoms with van der Waals surface area (Å²) in [6.07, 6.45) is 11.1. The molecule has 0 radical (unpaired) electrons. The Labute approximate surface area is 178 Å². The summed E-state index contributed by atoms with van der Waals surface area (Å²) in [7, 11) is 0. The molecule has 156 valence electrons. The third-order valence-electron chi connectivity index (χ3n) is 8.92. The standard InChI is InChI=1S/C24H31ClN2O2/c25-20-2-1-19(29-18-3-5-26-6-4-18)9-21(20)27-22(28)13-23-10-15-7-16-8-17(12-23)24(16,11-15)14-23/h1-2,9,15-18,26H,3-8,10-14H2,(H,27,28). The van der Waals surface area contributed by atoms with Gasteiger partial charge in [-0.05, 0) is 105 Å². The summed E-state index contributed by atoms with van der Waals surface area (Å²) in [6.45, 7) is 1.99. The highest BCUT2D eigenvalue weighted by atomic mass is 35.5. The van der Waals surface area contributed by atoms with Crippen LogP contribution in [0.5, 0.6) is 5.75 Å². The molecule has 1 spiro atoms. The Bertz CT molecular complexity index is 834. The predicted molar refractivity (Wildman–Crippen MR) is 114 cm³/mol. The van der Waals surface area contributed by atoms with E-state index in [1.165, 1.54) is 38.5 Å². The summed E-state index contributed by atoms with van der Waals surface area (Å²) in [5.41, 5.74) is 1.57. The molecule has 1 aromatic carbocycles. The van der Waals surface area contributed by atoms with Crippen molar-refractivity contribution in [2.24, 2.45) is 28.6 Å². The third-order valence-corrected chi connectivity index (χ3v) is 9.25. The van der Waals surface area contributed by atoms with E-state index >= 15 is 0 Å². The SMILES string of the molecule is O=C(CC12CC3CC4CC(C1)C4(C3)C2)Nc1cc(OC2CCNCC2)ccc1Cl. The van der Waals surface area contributed by atoms with Crippen LogP contribution in [0.2, 0.25) is 5.02 Å². The minimum atomic E-state index is 0.126. The molecule has 5 unspecified atom stereocenters. The van der Waals surface area contributed by atoms with Gasteiger partial charge in [0.2, 0.25) is 5.91 Å². The van der Waals surface area contributed by atoms with Crippen LogP contribution in [-0.2, 0) is 4.79 Å². The number of ether oxygens (including phenoxy) is 1. The van der Waals surface area contributed by atoms with Crippen molar-refractivity contribution in [3.8, 4) is 5.75 Å². The zero-order valence-corrected chi connectivity index (χ0v) is 17.8. The van der Waals surface area contributed by atoms with Gasteiger partial charge in [-0.3, -0.25) is 4.79 Å². The smallest absolute Gasteiger partial charge is 0.224 e. The maximum absolute atomic E-state index is 13.0. The molecule has 29 heavy (non-hydrogen) atoms. The van der Waals surface area contributed by atoms with Crippen LogP contribution < -0.4 is 15.4 Å². The number of halogens is 1. The minimum Gasteiger partial charge on any atom is -0.490 e. The lowest BCUT2D eigenvalue weighted by Crippen LogP contribution is -2.42. The lowest BCUT2D eigenvalue weighted by atomic mass is 9.55. The van der Waals surface area contributed by atoms with E-state index in [4.69, 9.17) is 16.3 Å². The summed E-state index contributed by atoms with van der Waals surface area (Å²) < 4.78 is 6.14. The molecule has 1 aliphatic heterocycles. The molecule has 5 heteroatoms. The molecule has 1 heterocycles. The Morgan fingerprint density at radius 3 is 2.90 bits per heavy atom. The number of anilines is 1. The van der Waals surface area contributed by atoms with E-state index < -0.39 is 0 Å². The number of hydrogen-bond donors (Lipinski definition) is 2. The van der Waals surface area contributed by atoms with Gasteiger partial charge in [0.05, 0.1) is 10.7 Å². The molecule has 4 aliphatic carbocycles. The van der Waals surface area contributed by atoms with Crippen molar-refractivity contribution in [2.75, 3.05) is 18.4 Å². The number of hydrogen-bond acceptors (Lipinski definition) is 3. The van der Waals surface area contributed by atoms with Gasteiger partial charge in [-0.1, -0.05) is 11.6 Å². The molecule has 2 N–H and O–H groups in total. The third kappa shape index (κ3) is 3.01. The average molecular weight is 415 g/mol. The van der Waals surface area contributed by atoms with Crippen LogP contribution >= 0.6 is 11.6 Å². The van der Waals surface area contributed by atoms with Gasteiger partial charge in [-0.25, -0.2) is 0 Å². The van der Waals surface area contributed by atoms with Gasteiger partial charge in [0.25, 0.3) is 0 Å². The highest BCUT2D eigenvalue weighted by Crippen LogP contribution is 2.79. The monoisotopic (exact) mass is 414 g/mol. The highest BCUT2D eigenvalue weighted by molar-refractivity contribution is 6.33. The van der Waals surface area contributed by atoms with Crippen molar-refractivity contribution in [2.45, 2.75) is 63.9 Å². The molecule has 0 aromatic heterocycles. The zero-order valence-electron chi connectivity index (χ0n) is 17.0. The second kappa shape index (κ2) is 6.62. The van der Waals surface area contributed by atoms with E-state index in [0.717, 1.165) is 49.4 Å². The second-order valence-corrected chi connectivity index (χ2v) is 11.1. The van der Waals surface area contributed by atoms with Gasteiger partial charge in [0, 0.05) is 12.5 Å². The van der Waals surface area contributed by atoms with Crippen molar-refractivity contribution in [3.05, 3.63) is 23.2 Å². The van der Waals surface area contributed by atoms with Crippen molar-refractivity contribution >= 4 is 23.2 Å². The van der Waals surface area contributed by atoms with Crippen molar-refractivity contribution in [1.82, 2.24) is 5.32 Å². The molecule has 4 saturated carbocycles. The zero-order chi connectivity index (χ0) is 19.6. The van der Waals surface area contributed by atoms with Crippen LogP contribution in [0.25, 0.3) is 0 Å². The maximum Gasteiger partial charge on any atom is 0.224 e. The number of amides is 1. The normalized spacial score (nSPS) is 39.8. The number of fused-ring (bicyclic) bond motifs is 2. The molecule has 5 atom stereocenters. The van der Waals surface area contributed by atoms with Crippen LogP contribution in [0.4, 0.5) is 5.69 Å². The van der Waals surface area contributed by atoms with Crippen LogP contribution in [0.3, 0.4) is 0 Å². The van der Waals surface area contributed by atoms with Crippen LogP contribution in [0.15, 0.2) is 18.2 Å². The van der Waals surface area contributed by atoms with E-state index in [9.17, 15) is 4.79 Å². The molecule has 3 bridgehead atoms. The largest absolute Gasteiger partial charge is 0.490 e. The van der Waals surface area contributed by atoms with Gasteiger partial charge >= 0.3 is 0 Å². The molecule has 1 saturated heterocycles. The van der Waals surface area contributed by atoms with E-state index in [-0.39, 0.29) is 17.4 Å². The first-order valence-corrected chi connectivity index (χ1v) is 11.9. The molecule has 5 fully saturated rings. The van der Waals surface area contributed by atoms with Crippen molar-refractivity contribution < 1.29 is 9.53 Å². The van der Waals surface area contributed by atoms with E-state index in [0.29, 0.717) is 22.5 Å². The Balaban J connectivity index is 1.14. The van der Waals surface area contributed by atoms with Crippen LogP contribution in [0.1, 0.15) is 57.8 Å². The first-order chi connectivity index (χ1) is 14.0. The van der Waals surface area contributed by atoms with E-state index in [2.05, 4.69) is 10.6 Å². The van der Waals surface area contributed by atoms with Crippen molar-refractivity contribution in [3.63, 3.8) is 0 Å². The first-order valence-electron chi connectivity index (χ1n) is 11.5. The fraction of sp³-hybridized carbons (Fsp3) is 0.708. The minimum absolute atomic E-state index is 0.126. The number of carbonyl (C=O) groups excluding carboxylic acids is 1. The van der Waals surface area contributed by atoms with E-state index in [1.54, 1.807) is 0 Å². The van der Waals surface area contributed by atoms with Gasteiger partial charge in [0.1, 0.15) is 11.9 Å². The average Bonchev–Trinajstić information content (AvgIpc) is 3.00. The number of rotatable bonds is 5. The molecule has 5 aliphatic rings. The number of benzene rings is 1. The Morgan fingerprint density at radius 1 is 1.17 bits per heavy atom. The summed E-state index contributed by atoms with van der Waals surface area (Å²) in [5.74, 6) is 3.67. The summed E-state index contributed by atoms with van der Waals surface area (Å²) >= 11 is 6.41. The fourth-order valence-electron chi connectivity index (χ4n) is 8.06.